The number of carbonyl (C=O) groups excluding carboxylic acids is 2. The van der Waals surface area contributed by atoms with Crippen molar-refractivity contribution in [2.24, 2.45) is 0 Å². The van der Waals surface area contributed by atoms with Crippen molar-refractivity contribution in [3.05, 3.63) is 59.5 Å². The second-order valence-electron chi connectivity index (χ2n) is 6.52. The molecule has 7 nitrogen and oxygen atoms in total. The molecule has 2 aromatic carbocycles. The molecule has 0 bridgehead atoms. The number of para-hydroxylation sites is 1. The minimum atomic E-state index is -0.288. The first-order chi connectivity index (χ1) is 14.0. The van der Waals surface area contributed by atoms with Crippen molar-refractivity contribution >= 4 is 34.1 Å². The van der Waals surface area contributed by atoms with Crippen LogP contribution in [0.3, 0.4) is 0 Å². The zero-order valence-corrected chi connectivity index (χ0v) is 17.2. The van der Waals surface area contributed by atoms with E-state index in [9.17, 15) is 9.59 Å². The van der Waals surface area contributed by atoms with E-state index < -0.39 is 0 Å². The molecule has 3 rings (SSSR count). The minimum absolute atomic E-state index is 0.0408. The van der Waals surface area contributed by atoms with Crippen LogP contribution >= 0.6 is 11.3 Å². The van der Waals surface area contributed by atoms with Crippen molar-refractivity contribution in [2.75, 3.05) is 17.7 Å². The number of amides is 3. The average Bonchev–Trinajstić information content (AvgIpc) is 3.16. The third-order valence-corrected chi connectivity index (χ3v) is 4.69. The molecule has 0 spiro atoms. The summed E-state index contributed by atoms with van der Waals surface area (Å²) in [4.78, 5) is 28.7. The zero-order valence-electron chi connectivity index (χ0n) is 16.4. The van der Waals surface area contributed by atoms with Crippen molar-refractivity contribution in [3.63, 3.8) is 0 Å². The van der Waals surface area contributed by atoms with Crippen molar-refractivity contribution in [2.45, 2.75) is 19.9 Å². The van der Waals surface area contributed by atoms with Gasteiger partial charge in [-0.15, -0.1) is 11.3 Å². The van der Waals surface area contributed by atoms with E-state index in [2.05, 4.69) is 20.9 Å². The first-order valence-corrected chi connectivity index (χ1v) is 9.92. The fourth-order valence-corrected chi connectivity index (χ4v) is 3.32. The predicted molar refractivity (Wildman–Crippen MR) is 116 cm³/mol. The van der Waals surface area contributed by atoms with Crippen LogP contribution in [-0.2, 0) is 0 Å². The molecule has 0 aliphatic carbocycles. The van der Waals surface area contributed by atoms with Gasteiger partial charge in [-0.2, -0.15) is 0 Å². The van der Waals surface area contributed by atoms with Gasteiger partial charge in [0.15, 0.2) is 5.13 Å². The average molecular weight is 410 g/mol. The van der Waals surface area contributed by atoms with Gasteiger partial charge in [0.2, 0.25) is 0 Å². The van der Waals surface area contributed by atoms with Gasteiger partial charge in [-0.1, -0.05) is 12.1 Å². The summed E-state index contributed by atoms with van der Waals surface area (Å²) in [5.41, 5.74) is 2.67. The summed E-state index contributed by atoms with van der Waals surface area (Å²) >= 11 is 1.34. The highest BCUT2D eigenvalue weighted by Crippen LogP contribution is 2.32. The summed E-state index contributed by atoms with van der Waals surface area (Å²) in [6.07, 6.45) is 0. The molecule has 150 valence electrons. The van der Waals surface area contributed by atoms with E-state index in [4.69, 9.17) is 4.74 Å². The SMILES string of the molecule is COc1ccccc1-c1csc(NC(=O)c2ccc(NC(=O)NC(C)C)cc2)n1. The highest BCUT2D eigenvalue weighted by molar-refractivity contribution is 7.14. The van der Waals surface area contributed by atoms with Crippen LogP contribution in [0.15, 0.2) is 53.9 Å². The van der Waals surface area contributed by atoms with Gasteiger partial charge in [0.1, 0.15) is 5.75 Å². The smallest absolute Gasteiger partial charge is 0.319 e. The number of hydrogen-bond donors (Lipinski definition) is 3. The van der Waals surface area contributed by atoms with Crippen LogP contribution < -0.4 is 20.7 Å². The molecule has 1 heterocycles. The first kappa shape index (κ1) is 20.3. The van der Waals surface area contributed by atoms with Crippen molar-refractivity contribution < 1.29 is 14.3 Å². The summed E-state index contributed by atoms with van der Waals surface area (Å²) in [6.45, 7) is 3.76. The maximum Gasteiger partial charge on any atom is 0.319 e. The Balaban J connectivity index is 1.65. The van der Waals surface area contributed by atoms with Crippen molar-refractivity contribution in [1.29, 1.82) is 0 Å². The Morgan fingerprint density at radius 3 is 2.45 bits per heavy atom. The highest BCUT2D eigenvalue weighted by atomic mass is 32.1. The van der Waals surface area contributed by atoms with E-state index in [1.807, 2.05) is 43.5 Å². The number of anilines is 2. The Hall–Kier alpha value is -3.39. The topological polar surface area (TPSA) is 92.4 Å². The first-order valence-electron chi connectivity index (χ1n) is 9.04. The number of benzene rings is 2. The van der Waals surface area contributed by atoms with Gasteiger partial charge in [-0.3, -0.25) is 10.1 Å². The number of ether oxygens (including phenoxy) is 1. The summed E-state index contributed by atoms with van der Waals surface area (Å²) in [7, 11) is 1.61. The van der Waals surface area contributed by atoms with Crippen LogP contribution in [0.25, 0.3) is 11.3 Å². The third-order valence-electron chi connectivity index (χ3n) is 3.93. The van der Waals surface area contributed by atoms with Crippen LogP contribution in [0.5, 0.6) is 5.75 Å². The quantitative estimate of drug-likeness (QED) is 0.554. The zero-order chi connectivity index (χ0) is 20.8. The molecule has 0 aliphatic rings. The molecule has 3 N–H and O–H groups in total. The maximum atomic E-state index is 12.5. The van der Waals surface area contributed by atoms with Crippen LogP contribution in [0.1, 0.15) is 24.2 Å². The fourth-order valence-electron chi connectivity index (χ4n) is 2.61. The van der Waals surface area contributed by atoms with E-state index in [1.165, 1.54) is 11.3 Å². The van der Waals surface area contributed by atoms with Gasteiger partial charge in [-0.25, -0.2) is 9.78 Å². The molecule has 0 saturated carbocycles. The summed E-state index contributed by atoms with van der Waals surface area (Å²) in [5, 5.41) is 10.6. The number of nitrogens with one attached hydrogen (secondary N) is 3. The molecular formula is C21H22N4O3S. The Bertz CT molecular complexity index is 999. The molecule has 0 saturated heterocycles. The van der Waals surface area contributed by atoms with Gasteiger partial charge in [0.05, 0.1) is 12.8 Å². The second kappa shape index (κ2) is 9.20. The molecule has 3 aromatic rings. The molecular weight excluding hydrogens is 388 g/mol. The molecule has 0 radical (unpaired) electrons. The highest BCUT2D eigenvalue weighted by Gasteiger charge is 2.13. The Labute approximate surface area is 173 Å². The lowest BCUT2D eigenvalue weighted by Crippen LogP contribution is -2.34. The minimum Gasteiger partial charge on any atom is -0.496 e. The van der Waals surface area contributed by atoms with Gasteiger partial charge in [-0.05, 0) is 50.2 Å². The standard InChI is InChI=1S/C21H22N4O3S/c1-13(2)22-20(27)23-15-10-8-14(9-11-15)19(26)25-21-24-17(12-29-21)16-6-4-5-7-18(16)28-3/h4-13H,1-3H3,(H2,22,23,27)(H,24,25,26). The van der Waals surface area contributed by atoms with Crippen LogP contribution in [0, 0.1) is 0 Å². The van der Waals surface area contributed by atoms with E-state index in [0.717, 1.165) is 17.0 Å². The second-order valence-corrected chi connectivity index (χ2v) is 7.38. The monoisotopic (exact) mass is 410 g/mol. The van der Waals surface area contributed by atoms with E-state index >= 15 is 0 Å². The van der Waals surface area contributed by atoms with Crippen molar-refractivity contribution in [3.8, 4) is 17.0 Å². The molecule has 0 unspecified atom stereocenters. The Morgan fingerprint density at radius 2 is 1.76 bits per heavy atom. The van der Waals surface area contributed by atoms with E-state index in [-0.39, 0.29) is 18.0 Å². The molecule has 3 amide bonds. The van der Waals surface area contributed by atoms with Gasteiger partial charge >= 0.3 is 6.03 Å². The lowest BCUT2D eigenvalue weighted by molar-refractivity contribution is 0.102. The summed E-state index contributed by atoms with van der Waals surface area (Å²) in [5.74, 6) is 0.448. The molecule has 1 aromatic heterocycles. The van der Waals surface area contributed by atoms with Crippen LogP contribution in [0.4, 0.5) is 15.6 Å². The fraction of sp³-hybridized carbons (Fsp3) is 0.190. The number of methoxy groups -OCH3 is 1. The molecule has 0 atom stereocenters. The van der Waals surface area contributed by atoms with E-state index in [1.54, 1.807) is 31.4 Å². The number of hydrogen-bond acceptors (Lipinski definition) is 5. The van der Waals surface area contributed by atoms with Gasteiger partial charge in [0.25, 0.3) is 5.91 Å². The normalized spacial score (nSPS) is 10.5. The number of carbonyl (C=O) groups is 2. The molecule has 0 aliphatic heterocycles. The van der Waals surface area contributed by atoms with Crippen molar-refractivity contribution in [1.82, 2.24) is 10.3 Å². The molecule has 0 fully saturated rings. The third kappa shape index (κ3) is 5.32. The summed E-state index contributed by atoms with van der Waals surface area (Å²) < 4.78 is 5.36. The molecule has 29 heavy (non-hydrogen) atoms. The predicted octanol–water partition coefficient (Wildman–Crippen LogP) is 4.60. The Kier molecular flexibility index (Phi) is 6.46. The Morgan fingerprint density at radius 1 is 1.03 bits per heavy atom. The lowest BCUT2D eigenvalue weighted by Gasteiger charge is -2.10. The van der Waals surface area contributed by atoms with Gasteiger partial charge < -0.3 is 15.4 Å². The largest absolute Gasteiger partial charge is 0.496 e. The number of rotatable bonds is 6. The number of urea groups is 1. The maximum absolute atomic E-state index is 12.5. The van der Waals surface area contributed by atoms with Crippen LogP contribution in [-0.4, -0.2) is 30.1 Å². The molecule has 8 heteroatoms. The number of aromatic nitrogens is 1. The van der Waals surface area contributed by atoms with Crippen LogP contribution in [0.2, 0.25) is 0 Å². The van der Waals surface area contributed by atoms with Gasteiger partial charge in [0, 0.05) is 28.2 Å². The number of thiazole rings is 1. The summed E-state index contributed by atoms with van der Waals surface area (Å²) in [6, 6.07) is 14.0. The van der Waals surface area contributed by atoms with E-state index in [0.29, 0.717) is 16.4 Å². The lowest BCUT2D eigenvalue weighted by atomic mass is 10.1. The number of nitrogens with zero attached hydrogens (tertiary/aromatic N) is 1.